The average Bonchev–Trinajstić information content (AvgIpc) is 2.55. The van der Waals surface area contributed by atoms with Crippen molar-refractivity contribution >= 4 is 28.1 Å². The Morgan fingerprint density at radius 2 is 2.00 bits per heavy atom. The fourth-order valence-corrected chi connectivity index (χ4v) is 2.25. The van der Waals surface area contributed by atoms with Gasteiger partial charge in [-0.15, -0.1) is 0 Å². The van der Waals surface area contributed by atoms with Gasteiger partial charge < -0.3 is 15.2 Å². The van der Waals surface area contributed by atoms with Gasteiger partial charge in [0.05, 0.1) is 0 Å². The first kappa shape index (κ1) is 17.1. The number of carbonyl (C=O) groups is 1. The highest BCUT2D eigenvalue weighted by molar-refractivity contribution is 9.10. The molecule has 0 fully saturated rings. The molecule has 4 nitrogen and oxygen atoms in total. The lowest BCUT2D eigenvalue weighted by Gasteiger charge is -2.06. The number of rotatable bonds is 6. The fraction of sp³-hybridized carbons (Fsp3) is 0.167. The van der Waals surface area contributed by atoms with Crippen molar-refractivity contribution in [3.8, 4) is 5.75 Å². The molecule has 0 atom stereocenters. The van der Waals surface area contributed by atoms with E-state index < -0.39 is 6.09 Å². The summed E-state index contributed by atoms with van der Waals surface area (Å²) < 4.78 is 5.93. The summed E-state index contributed by atoms with van der Waals surface area (Å²) in [4.78, 5) is 11.5. The van der Waals surface area contributed by atoms with Gasteiger partial charge in [0.1, 0.15) is 12.4 Å². The lowest BCUT2D eigenvalue weighted by Crippen LogP contribution is -2.24. The number of amides is 1. The van der Waals surface area contributed by atoms with Gasteiger partial charge in [0.25, 0.3) is 0 Å². The third kappa shape index (κ3) is 6.16. The Kier molecular flexibility index (Phi) is 6.69. The molecule has 2 rings (SSSR count). The average molecular weight is 376 g/mol. The largest absolute Gasteiger partial charge is 0.507 e. The molecule has 1 amide bonds. The SMILES string of the molecule is O=C(NCCC=Cc1ccc(Br)cc1O)OCc1ccccc1. The second-order valence-corrected chi connectivity index (χ2v) is 5.80. The first-order valence-corrected chi connectivity index (χ1v) is 8.04. The smallest absolute Gasteiger partial charge is 0.407 e. The van der Waals surface area contributed by atoms with E-state index in [1.807, 2.05) is 54.6 Å². The van der Waals surface area contributed by atoms with Gasteiger partial charge in [-0.05, 0) is 24.1 Å². The van der Waals surface area contributed by atoms with Crippen molar-refractivity contribution in [3.63, 3.8) is 0 Å². The van der Waals surface area contributed by atoms with E-state index in [0.29, 0.717) is 13.0 Å². The molecule has 2 aromatic carbocycles. The van der Waals surface area contributed by atoms with E-state index in [-0.39, 0.29) is 12.4 Å². The second kappa shape index (κ2) is 9.00. The summed E-state index contributed by atoms with van der Waals surface area (Å²) in [5, 5.41) is 12.4. The Labute approximate surface area is 143 Å². The van der Waals surface area contributed by atoms with E-state index in [9.17, 15) is 9.90 Å². The number of phenols is 1. The van der Waals surface area contributed by atoms with Gasteiger partial charge in [0, 0.05) is 16.6 Å². The van der Waals surface area contributed by atoms with E-state index in [1.54, 1.807) is 6.07 Å². The van der Waals surface area contributed by atoms with Crippen LogP contribution in [0, 0.1) is 0 Å². The van der Waals surface area contributed by atoms with Gasteiger partial charge in [-0.3, -0.25) is 0 Å². The number of phenolic OH excluding ortho intramolecular Hbond substituents is 1. The second-order valence-electron chi connectivity index (χ2n) is 4.88. The number of benzene rings is 2. The van der Waals surface area contributed by atoms with Crippen LogP contribution in [-0.2, 0) is 11.3 Å². The van der Waals surface area contributed by atoms with Crippen LogP contribution in [0.5, 0.6) is 5.75 Å². The molecule has 5 heteroatoms. The number of hydrogen-bond donors (Lipinski definition) is 2. The van der Waals surface area contributed by atoms with Gasteiger partial charge in [-0.25, -0.2) is 4.79 Å². The van der Waals surface area contributed by atoms with Crippen LogP contribution in [0.4, 0.5) is 4.79 Å². The van der Waals surface area contributed by atoms with Gasteiger partial charge in [-0.2, -0.15) is 0 Å². The number of hydrogen-bond acceptors (Lipinski definition) is 3. The van der Waals surface area contributed by atoms with Crippen molar-refractivity contribution in [3.05, 3.63) is 70.2 Å². The molecule has 0 aliphatic rings. The molecule has 0 radical (unpaired) electrons. The number of ether oxygens (including phenoxy) is 1. The third-order valence-electron chi connectivity index (χ3n) is 3.08. The molecule has 120 valence electrons. The Balaban J connectivity index is 1.66. The monoisotopic (exact) mass is 375 g/mol. The molecule has 23 heavy (non-hydrogen) atoms. The zero-order valence-corrected chi connectivity index (χ0v) is 14.1. The quantitative estimate of drug-likeness (QED) is 0.731. The maximum Gasteiger partial charge on any atom is 0.407 e. The number of carbonyl (C=O) groups excluding carboxylic acids is 1. The van der Waals surface area contributed by atoms with Gasteiger partial charge in [0.15, 0.2) is 0 Å². The lowest BCUT2D eigenvalue weighted by atomic mass is 10.2. The molecule has 0 bridgehead atoms. The van der Waals surface area contributed by atoms with E-state index in [0.717, 1.165) is 15.6 Å². The van der Waals surface area contributed by atoms with Crippen molar-refractivity contribution in [2.45, 2.75) is 13.0 Å². The number of alkyl carbamates (subject to hydrolysis) is 1. The molecule has 2 aromatic rings. The minimum Gasteiger partial charge on any atom is -0.507 e. The highest BCUT2D eigenvalue weighted by Crippen LogP contribution is 2.23. The van der Waals surface area contributed by atoms with Crippen molar-refractivity contribution in [2.24, 2.45) is 0 Å². The van der Waals surface area contributed by atoms with Gasteiger partial charge in [0.2, 0.25) is 0 Å². The van der Waals surface area contributed by atoms with Crippen molar-refractivity contribution < 1.29 is 14.6 Å². The molecule has 0 saturated carbocycles. The van der Waals surface area contributed by atoms with Crippen LogP contribution in [0.15, 0.2) is 59.1 Å². The molecule has 0 spiro atoms. The molecular formula is C18H18BrNO3. The summed E-state index contributed by atoms with van der Waals surface area (Å²) in [6.45, 7) is 0.733. The van der Waals surface area contributed by atoms with E-state index in [2.05, 4.69) is 21.2 Å². The molecule has 0 aliphatic heterocycles. The van der Waals surface area contributed by atoms with Crippen LogP contribution >= 0.6 is 15.9 Å². The minimum absolute atomic E-state index is 0.214. The Hall–Kier alpha value is -2.27. The van der Waals surface area contributed by atoms with Crippen LogP contribution in [0.1, 0.15) is 17.5 Å². The Bertz CT molecular complexity index is 671. The normalized spacial score (nSPS) is 10.7. The van der Waals surface area contributed by atoms with Crippen LogP contribution in [0.2, 0.25) is 0 Å². The summed E-state index contributed by atoms with van der Waals surface area (Å²) >= 11 is 3.29. The van der Waals surface area contributed by atoms with Crippen LogP contribution in [0.25, 0.3) is 6.08 Å². The van der Waals surface area contributed by atoms with Crippen LogP contribution < -0.4 is 5.32 Å². The molecule has 0 saturated heterocycles. The molecule has 2 N–H and O–H groups in total. The van der Waals surface area contributed by atoms with E-state index >= 15 is 0 Å². The van der Waals surface area contributed by atoms with E-state index in [1.165, 1.54) is 0 Å². The molecule has 0 aromatic heterocycles. The van der Waals surface area contributed by atoms with E-state index in [4.69, 9.17) is 4.74 Å². The molecule has 0 aliphatic carbocycles. The summed E-state index contributed by atoms with van der Waals surface area (Å²) in [5.74, 6) is 0.214. The molecular weight excluding hydrogens is 358 g/mol. The summed E-state index contributed by atoms with van der Waals surface area (Å²) in [6, 6.07) is 14.8. The Morgan fingerprint density at radius 3 is 2.74 bits per heavy atom. The predicted octanol–water partition coefficient (Wildman–Crippen LogP) is 4.48. The highest BCUT2D eigenvalue weighted by Gasteiger charge is 2.01. The highest BCUT2D eigenvalue weighted by atomic mass is 79.9. The predicted molar refractivity (Wildman–Crippen MR) is 94.1 cm³/mol. The topological polar surface area (TPSA) is 58.6 Å². The Morgan fingerprint density at radius 1 is 1.22 bits per heavy atom. The zero-order valence-electron chi connectivity index (χ0n) is 12.5. The molecule has 0 unspecified atom stereocenters. The zero-order chi connectivity index (χ0) is 16.5. The number of nitrogens with one attached hydrogen (secondary N) is 1. The maximum absolute atomic E-state index is 11.5. The van der Waals surface area contributed by atoms with Crippen molar-refractivity contribution in [1.82, 2.24) is 5.32 Å². The van der Waals surface area contributed by atoms with Crippen LogP contribution in [-0.4, -0.2) is 17.7 Å². The third-order valence-corrected chi connectivity index (χ3v) is 3.58. The summed E-state index contributed by atoms with van der Waals surface area (Å²) in [6.07, 6.45) is 3.92. The number of halogens is 1. The standard InChI is InChI=1S/C18H18BrNO3/c19-16-10-9-15(17(21)12-16)8-4-5-11-20-18(22)23-13-14-6-2-1-3-7-14/h1-4,6-10,12,21H,5,11,13H2,(H,20,22). The van der Waals surface area contributed by atoms with Crippen molar-refractivity contribution in [2.75, 3.05) is 6.54 Å². The maximum atomic E-state index is 11.5. The number of aromatic hydroxyl groups is 1. The summed E-state index contributed by atoms with van der Waals surface area (Å²) in [5.41, 5.74) is 1.69. The first-order chi connectivity index (χ1) is 11.1. The van der Waals surface area contributed by atoms with Crippen molar-refractivity contribution in [1.29, 1.82) is 0 Å². The molecule has 0 heterocycles. The van der Waals surface area contributed by atoms with Gasteiger partial charge in [-0.1, -0.05) is 64.5 Å². The first-order valence-electron chi connectivity index (χ1n) is 7.25. The fourth-order valence-electron chi connectivity index (χ4n) is 1.90. The lowest BCUT2D eigenvalue weighted by molar-refractivity contribution is 0.140. The van der Waals surface area contributed by atoms with Gasteiger partial charge >= 0.3 is 6.09 Å². The summed E-state index contributed by atoms with van der Waals surface area (Å²) in [7, 11) is 0. The minimum atomic E-state index is -0.436. The van der Waals surface area contributed by atoms with Crippen LogP contribution in [0.3, 0.4) is 0 Å².